The van der Waals surface area contributed by atoms with E-state index in [2.05, 4.69) is 4.74 Å². The molecule has 0 aliphatic heterocycles. The number of halogens is 3. The van der Waals surface area contributed by atoms with E-state index in [9.17, 15) is 22.8 Å². The lowest BCUT2D eigenvalue weighted by Crippen LogP contribution is -2.32. The molecule has 1 amide bonds. The number of nitrogens with zero attached hydrogens (tertiary/aromatic N) is 2. The van der Waals surface area contributed by atoms with Crippen LogP contribution in [0, 0.1) is 6.92 Å². The molecule has 0 saturated carbocycles. The molecule has 0 atom stereocenters. The maximum absolute atomic E-state index is 12.2. The van der Waals surface area contributed by atoms with Gasteiger partial charge < -0.3 is 9.64 Å². The van der Waals surface area contributed by atoms with Crippen molar-refractivity contribution in [1.29, 1.82) is 0 Å². The molecule has 0 spiro atoms. The first-order chi connectivity index (χ1) is 11.2. The smallest absolute Gasteiger partial charge is 0.406 e. The SMILES string of the molecule is Cc1csc(=O)n1CC(=O)N(C)Cc1ccc(OC(F)(F)F)cc1. The van der Waals surface area contributed by atoms with Crippen molar-refractivity contribution in [2.24, 2.45) is 0 Å². The van der Waals surface area contributed by atoms with Crippen LogP contribution in [0.1, 0.15) is 11.3 Å². The molecule has 2 aromatic rings. The lowest BCUT2D eigenvalue weighted by Gasteiger charge is -2.18. The zero-order chi connectivity index (χ0) is 17.9. The molecule has 0 fully saturated rings. The van der Waals surface area contributed by atoms with Crippen LogP contribution in [0.15, 0.2) is 34.4 Å². The molecule has 0 radical (unpaired) electrons. The molecule has 1 heterocycles. The summed E-state index contributed by atoms with van der Waals surface area (Å²) in [7, 11) is 1.56. The molecule has 0 bridgehead atoms. The van der Waals surface area contributed by atoms with Crippen molar-refractivity contribution >= 4 is 17.2 Å². The summed E-state index contributed by atoms with van der Waals surface area (Å²) >= 11 is 1.03. The van der Waals surface area contributed by atoms with Gasteiger partial charge >= 0.3 is 11.2 Å². The third-order valence-corrected chi connectivity index (χ3v) is 4.15. The first-order valence-electron chi connectivity index (χ1n) is 6.89. The van der Waals surface area contributed by atoms with E-state index in [4.69, 9.17) is 0 Å². The maximum Gasteiger partial charge on any atom is 0.573 e. The van der Waals surface area contributed by atoms with Crippen LogP contribution in [0.3, 0.4) is 0 Å². The van der Waals surface area contributed by atoms with Crippen LogP contribution < -0.4 is 9.61 Å². The highest BCUT2D eigenvalue weighted by Gasteiger charge is 2.30. The number of aromatic nitrogens is 1. The highest BCUT2D eigenvalue weighted by Crippen LogP contribution is 2.23. The number of rotatable bonds is 5. The third-order valence-electron chi connectivity index (χ3n) is 3.27. The molecule has 2 rings (SSSR count). The van der Waals surface area contributed by atoms with Crippen molar-refractivity contribution in [3.05, 3.63) is 50.6 Å². The number of hydrogen-bond donors (Lipinski definition) is 0. The van der Waals surface area contributed by atoms with Gasteiger partial charge in [0.1, 0.15) is 12.3 Å². The first kappa shape index (κ1) is 18.1. The van der Waals surface area contributed by atoms with E-state index < -0.39 is 6.36 Å². The number of amides is 1. The van der Waals surface area contributed by atoms with Crippen molar-refractivity contribution in [2.75, 3.05) is 7.05 Å². The first-order valence-corrected chi connectivity index (χ1v) is 7.77. The van der Waals surface area contributed by atoms with Gasteiger partial charge in [0.25, 0.3) is 0 Å². The quantitative estimate of drug-likeness (QED) is 0.824. The Balaban J connectivity index is 1.97. The monoisotopic (exact) mass is 360 g/mol. The average Bonchev–Trinajstić information content (AvgIpc) is 2.79. The predicted octanol–water partition coefficient (Wildman–Crippen LogP) is 2.78. The predicted molar refractivity (Wildman–Crippen MR) is 82.9 cm³/mol. The molecular weight excluding hydrogens is 345 g/mol. The van der Waals surface area contributed by atoms with Crippen LogP contribution in [-0.2, 0) is 17.9 Å². The standard InChI is InChI=1S/C15H15F3N2O3S/c1-10-9-24-14(22)20(10)8-13(21)19(2)7-11-3-5-12(6-4-11)23-15(16,17)18/h3-6,9H,7-8H2,1-2H3. The van der Waals surface area contributed by atoms with Crippen LogP contribution in [0.2, 0.25) is 0 Å². The number of likely N-dealkylation sites (N-methyl/N-ethyl adjacent to an activating group) is 1. The zero-order valence-corrected chi connectivity index (χ0v) is 13.8. The van der Waals surface area contributed by atoms with Crippen LogP contribution in [0.25, 0.3) is 0 Å². The molecule has 0 aliphatic carbocycles. The fourth-order valence-electron chi connectivity index (χ4n) is 2.01. The van der Waals surface area contributed by atoms with Gasteiger partial charge in [-0.3, -0.25) is 14.2 Å². The summed E-state index contributed by atoms with van der Waals surface area (Å²) in [5.74, 6) is -0.588. The number of hydrogen-bond acceptors (Lipinski definition) is 4. The van der Waals surface area contributed by atoms with E-state index in [-0.39, 0.29) is 29.6 Å². The topological polar surface area (TPSA) is 51.5 Å². The van der Waals surface area contributed by atoms with Crippen LogP contribution >= 0.6 is 11.3 Å². The fraction of sp³-hybridized carbons (Fsp3) is 0.333. The summed E-state index contributed by atoms with van der Waals surface area (Å²) in [6.07, 6.45) is -4.74. The number of benzene rings is 1. The van der Waals surface area contributed by atoms with Gasteiger partial charge in [-0.05, 0) is 24.6 Å². The summed E-state index contributed by atoms with van der Waals surface area (Å²) in [5.41, 5.74) is 1.36. The largest absolute Gasteiger partial charge is 0.573 e. The molecule has 0 saturated heterocycles. The Hall–Kier alpha value is -2.29. The number of carbonyl (C=O) groups excluding carboxylic acids is 1. The van der Waals surface area contributed by atoms with Gasteiger partial charge in [0.2, 0.25) is 5.91 Å². The van der Waals surface area contributed by atoms with Crippen LogP contribution in [0.4, 0.5) is 13.2 Å². The van der Waals surface area contributed by atoms with Gasteiger partial charge in [0, 0.05) is 24.7 Å². The summed E-state index contributed by atoms with van der Waals surface area (Å²) < 4.78 is 41.5. The third kappa shape index (κ3) is 4.85. The second-order valence-corrected chi connectivity index (χ2v) is 5.99. The van der Waals surface area contributed by atoms with Gasteiger partial charge in [-0.1, -0.05) is 23.5 Å². The second kappa shape index (κ2) is 7.08. The minimum Gasteiger partial charge on any atom is -0.406 e. The molecule has 0 N–H and O–H groups in total. The van der Waals surface area contributed by atoms with E-state index in [1.165, 1.54) is 33.7 Å². The molecular formula is C15H15F3N2O3S. The van der Waals surface area contributed by atoms with Crippen molar-refractivity contribution < 1.29 is 22.7 Å². The Labute approximate surface area is 139 Å². The summed E-state index contributed by atoms with van der Waals surface area (Å²) in [6.45, 7) is 1.88. The van der Waals surface area contributed by atoms with Gasteiger partial charge in [-0.25, -0.2) is 0 Å². The molecule has 0 unspecified atom stereocenters. The van der Waals surface area contributed by atoms with Crippen LogP contribution in [0.5, 0.6) is 5.75 Å². The van der Waals surface area contributed by atoms with Gasteiger partial charge in [-0.2, -0.15) is 0 Å². The lowest BCUT2D eigenvalue weighted by atomic mass is 10.2. The van der Waals surface area contributed by atoms with E-state index in [1.54, 1.807) is 19.4 Å². The Morgan fingerprint density at radius 2 is 1.92 bits per heavy atom. The van der Waals surface area contributed by atoms with Crippen LogP contribution in [-0.4, -0.2) is 28.8 Å². The fourth-order valence-corrected chi connectivity index (χ4v) is 2.75. The maximum atomic E-state index is 12.2. The Morgan fingerprint density at radius 1 is 1.29 bits per heavy atom. The van der Waals surface area contributed by atoms with Crippen molar-refractivity contribution in [2.45, 2.75) is 26.4 Å². The van der Waals surface area contributed by atoms with Crippen molar-refractivity contribution in [3.63, 3.8) is 0 Å². The van der Waals surface area contributed by atoms with E-state index >= 15 is 0 Å². The molecule has 24 heavy (non-hydrogen) atoms. The van der Waals surface area contributed by atoms with Crippen molar-refractivity contribution in [1.82, 2.24) is 9.47 Å². The number of alkyl halides is 3. The highest BCUT2D eigenvalue weighted by atomic mass is 32.1. The number of carbonyl (C=O) groups is 1. The Bertz CT molecular complexity index is 766. The normalized spacial score (nSPS) is 11.4. The lowest BCUT2D eigenvalue weighted by molar-refractivity contribution is -0.274. The molecule has 1 aromatic heterocycles. The summed E-state index contributed by atoms with van der Waals surface area (Å²) in [5, 5.41) is 1.68. The number of thiazole rings is 1. The Morgan fingerprint density at radius 3 is 2.42 bits per heavy atom. The second-order valence-electron chi connectivity index (χ2n) is 5.17. The highest BCUT2D eigenvalue weighted by molar-refractivity contribution is 7.07. The van der Waals surface area contributed by atoms with Gasteiger partial charge in [-0.15, -0.1) is 13.2 Å². The zero-order valence-electron chi connectivity index (χ0n) is 13.0. The number of aryl methyl sites for hydroxylation is 1. The average molecular weight is 360 g/mol. The van der Waals surface area contributed by atoms with Crippen molar-refractivity contribution in [3.8, 4) is 5.75 Å². The molecule has 0 aliphatic rings. The van der Waals surface area contributed by atoms with E-state index in [0.717, 1.165) is 11.3 Å². The summed E-state index contributed by atoms with van der Waals surface area (Å²) in [4.78, 5) is 25.0. The molecule has 130 valence electrons. The van der Waals surface area contributed by atoms with E-state index in [1.807, 2.05) is 0 Å². The minimum absolute atomic E-state index is 0.0695. The minimum atomic E-state index is -4.74. The molecule has 5 nitrogen and oxygen atoms in total. The molecule has 9 heteroatoms. The van der Waals surface area contributed by atoms with Gasteiger partial charge in [0.05, 0.1) is 0 Å². The summed E-state index contributed by atoms with van der Waals surface area (Å²) in [6, 6.07) is 5.28. The number of ether oxygens (including phenoxy) is 1. The Kier molecular flexibility index (Phi) is 5.33. The van der Waals surface area contributed by atoms with Gasteiger partial charge in [0.15, 0.2) is 0 Å². The molecule has 1 aromatic carbocycles. The van der Waals surface area contributed by atoms with E-state index in [0.29, 0.717) is 11.3 Å².